The van der Waals surface area contributed by atoms with Crippen LogP contribution in [0.4, 0.5) is 4.39 Å². The number of methoxy groups -OCH3 is 1. The van der Waals surface area contributed by atoms with Crippen LogP contribution in [0.15, 0.2) is 30.9 Å². The zero-order valence-electron chi connectivity index (χ0n) is 20.7. The van der Waals surface area contributed by atoms with Crippen LogP contribution in [0.3, 0.4) is 0 Å². The molecule has 0 aliphatic carbocycles. The molecule has 36 heavy (non-hydrogen) atoms. The van der Waals surface area contributed by atoms with Crippen LogP contribution in [-0.4, -0.2) is 74.1 Å². The first-order valence-corrected chi connectivity index (χ1v) is 12.5. The Hall–Kier alpha value is -3.37. The molecular formula is C26H30FN7O2. The third-order valence-electron chi connectivity index (χ3n) is 7.46. The third kappa shape index (κ3) is 3.94. The highest BCUT2D eigenvalue weighted by Crippen LogP contribution is 2.38. The predicted octanol–water partition coefficient (Wildman–Crippen LogP) is 4.03. The number of nitrogens with one attached hydrogen (secondary N) is 1. The van der Waals surface area contributed by atoms with Crippen molar-refractivity contribution in [2.45, 2.75) is 44.6 Å². The van der Waals surface area contributed by atoms with E-state index in [-0.39, 0.29) is 17.4 Å². The van der Waals surface area contributed by atoms with Gasteiger partial charge < -0.3 is 9.47 Å². The summed E-state index contributed by atoms with van der Waals surface area (Å²) < 4.78 is 28.0. The lowest BCUT2D eigenvalue weighted by Gasteiger charge is -2.41. The fraction of sp³-hybridized carbons (Fsp3) is 0.462. The Labute approximate surface area is 208 Å². The van der Waals surface area contributed by atoms with Crippen LogP contribution in [0, 0.1) is 5.82 Å². The normalized spacial score (nSPS) is 17.7. The maximum atomic E-state index is 15.5. The SMILES string of the molecule is COc1cc(-c2[nH]nc(-c3ncc(C4CCN(C5COC5)CC4)cc3F)c2C(C)C)cn2ncnc12. The van der Waals surface area contributed by atoms with E-state index in [0.717, 1.165) is 61.5 Å². The number of hydrogen-bond donors (Lipinski definition) is 1. The van der Waals surface area contributed by atoms with E-state index < -0.39 is 0 Å². The van der Waals surface area contributed by atoms with Crippen molar-refractivity contribution >= 4 is 5.65 Å². The first-order valence-electron chi connectivity index (χ1n) is 12.5. The molecule has 0 spiro atoms. The number of pyridine rings is 2. The highest BCUT2D eigenvalue weighted by molar-refractivity contribution is 5.75. The lowest BCUT2D eigenvalue weighted by atomic mass is 9.89. The number of rotatable bonds is 6. The number of piperidine rings is 1. The first-order chi connectivity index (χ1) is 17.5. The van der Waals surface area contributed by atoms with E-state index in [1.807, 2.05) is 18.5 Å². The van der Waals surface area contributed by atoms with Gasteiger partial charge in [0.2, 0.25) is 0 Å². The number of aromatic amines is 1. The minimum Gasteiger partial charge on any atom is -0.493 e. The Morgan fingerprint density at radius 1 is 1.14 bits per heavy atom. The molecule has 0 unspecified atom stereocenters. The lowest BCUT2D eigenvalue weighted by molar-refractivity contribution is -0.0712. The average molecular weight is 492 g/mol. The van der Waals surface area contributed by atoms with Crippen LogP contribution in [0.2, 0.25) is 0 Å². The van der Waals surface area contributed by atoms with Crippen molar-refractivity contribution < 1.29 is 13.9 Å². The van der Waals surface area contributed by atoms with Gasteiger partial charge in [0.05, 0.1) is 32.1 Å². The van der Waals surface area contributed by atoms with E-state index in [4.69, 9.17) is 9.47 Å². The van der Waals surface area contributed by atoms with E-state index in [0.29, 0.717) is 29.1 Å². The molecule has 0 amide bonds. The van der Waals surface area contributed by atoms with E-state index in [1.165, 1.54) is 6.33 Å². The van der Waals surface area contributed by atoms with Crippen LogP contribution in [0.1, 0.15) is 49.7 Å². The van der Waals surface area contributed by atoms with Gasteiger partial charge in [0.15, 0.2) is 17.2 Å². The topological polar surface area (TPSA) is 93.5 Å². The fourth-order valence-corrected chi connectivity index (χ4v) is 5.38. The molecule has 0 saturated carbocycles. The number of H-pyrrole nitrogens is 1. The lowest BCUT2D eigenvalue weighted by Crippen LogP contribution is -2.51. The molecule has 0 bridgehead atoms. The summed E-state index contributed by atoms with van der Waals surface area (Å²) in [6.07, 6.45) is 7.19. The van der Waals surface area contributed by atoms with Gasteiger partial charge in [-0.15, -0.1) is 0 Å². The number of aromatic nitrogens is 6. The van der Waals surface area contributed by atoms with E-state index >= 15 is 4.39 Å². The minimum atomic E-state index is -0.341. The van der Waals surface area contributed by atoms with Crippen molar-refractivity contribution in [1.82, 2.24) is 34.7 Å². The van der Waals surface area contributed by atoms with Gasteiger partial charge in [-0.1, -0.05) is 13.8 Å². The van der Waals surface area contributed by atoms with E-state index in [9.17, 15) is 0 Å². The summed E-state index contributed by atoms with van der Waals surface area (Å²) in [5.74, 6) is 0.651. The molecule has 6 rings (SSSR count). The van der Waals surface area contributed by atoms with Crippen LogP contribution >= 0.6 is 0 Å². The van der Waals surface area contributed by atoms with Crippen molar-refractivity contribution in [3.05, 3.63) is 47.8 Å². The standard InChI is InChI=1S/C26H30FN7O2/c1-15(2)22-23(18-9-21(35-3)26-29-14-30-34(26)11-18)31-32-25(22)24-20(27)8-17(10-28-24)16-4-6-33(7-5-16)19-12-36-13-19/h8-11,14-16,19H,4-7,12-13H2,1-3H3,(H,31,32). The number of nitrogens with zero attached hydrogens (tertiary/aromatic N) is 6. The molecule has 2 saturated heterocycles. The molecule has 0 atom stereocenters. The Bertz CT molecular complexity index is 1390. The third-order valence-corrected chi connectivity index (χ3v) is 7.46. The summed E-state index contributed by atoms with van der Waals surface area (Å²) in [5.41, 5.74) is 4.89. The van der Waals surface area contributed by atoms with Crippen LogP contribution in [0.5, 0.6) is 5.75 Å². The van der Waals surface area contributed by atoms with Gasteiger partial charge in [-0.2, -0.15) is 10.2 Å². The summed E-state index contributed by atoms with van der Waals surface area (Å²) in [6.45, 7) is 7.83. The molecule has 4 aromatic rings. The molecule has 188 valence electrons. The Morgan fingerprint density at radius 2 is 1.94 bits per heavy atom. The summed E-state index contributed by atoms with van der Waals surface area (Å²) >= 11 is 0. The number of likely N-dealkylation sites (tertiary alicyclic amines) is 1. The minimum absolute atomic E-state index is 0.0758. The maximum Gasteiger partial charge on any atom is 0.197 e. The zero-order valence-corrected chi connectivity index (χ0v) is 20.7. The molecular weight excluding hydrogens is 461 g/mol. The second-order valence-electron chi connectivity index (χ2n) is 9.94. The largest absolute Gasteiger partial charge is 0.493 e. The van der Waals surface area contributed by atoms with Gasteiger partial charge in [-0.25, -0.2) is 13.9 Å². The Kier molecular flexibility index (Phi) is 5.93. The molecule has 0 aromatic carbocycles. The highest BCUT2D eigenvalue weighted by Gasteiger charge is 2.31. The first kappa shape index (κ1) is 23.1. The van der Waals surface area contributed by atoms with Crippen LogP contribution in [-0.2, 0) is 4.74 Å². The van der Waals surface area contributed by atoms with Crippen molar-refractivity contribution in [1.29, 1.82) is 0 Å². The quantitative estimate of drug-likeness (QED) is 0.435. The van der Waals surface area contributed by atoms with Gasteiger partial charge in [-0.3, -0.25) is 15.0 Å². The summed E-state index contributed by atoms with van der Waals surface area (Å²) in [6, 6.07) is 4.09. The second-order valence-corrected chi connectivity index (χ2v) is 9.94. The Morgan fingerprint density at radius 3 is 2.61 bits per heavy atom. The van der Waals surface area contributed by atoms with E-state index in [1.54, 1.807) is 17.7 Å². The van der Waals surface area contributed by atoms with Crippen LogP contribution in [0.25, 0.3) is 28.3 Å². The molecule has 10 heteroatoms. The van der Waals surface area contributed by atoms with Gasteiger partial charge in [-0.05, 0) is 55.5 Å². The molecule has 2 aliphatic rings. The predicted molar refractivity (Wildman–Crippen MR) is 133 cm³/mol. The smallest absolute Gasteiger partial charge is 0.197 e. The fourth-order valence-electron chi connectivity index (χ4n) is 5.38. The van der Waals surface area contributed by atoms with Crippen LogP contribution < -0.4 is 4.74 Å². The maximum absolute atomic E-state index is 15.5. The van der Waals surface area contributed by atoms with E-state index in [2.05, 4.69) is 44.0 Å². The monoisotopic (exact) mass is 491 g/mol. The molecule has 1 N–H and O–H groups in total. The average Bonchev–Trinajstić information content (AvgIpc) is 3.50. The molecule has 2 fully saturated rings. The molecule has 9 nitrogen and oxygen atoms in total. The van der Waals surface area contributed by atoms with Crippen molar-refractivity contribution in [3.63, 3.8) is 0 Å². The number of ether oxygens (including phenoxy) is 2. The zero-order chi connectivity index (χ0) is 24.8. The van der Waals surface area contributed by atoms with Crippen molar-refractivity contribution in [2.75, 3.05) is 33.4 Å². The number of halogens is 1. The summed E-state index contributed by atoms with van der Waals surface area (Å²) in [7, 11) is 1.60. The number of fused-ring (bicyclic) bond motifs is 1. The van der Waals surface area contributed by atoms with Gasteiger partial charge in [0, 0.05) is 23.5 Å². The van der Waals surface area contributed by atoms with Gasteiger partial charge >= 0.3 is 0 Å². The Balaban J connectivity index is 1.31. The highest BCUT2D eigenvalue weighted by atomic mass is 19.1. The van der Waals surface area contributed by atoms with Gasteiger partial charge in [0.1, 0.15) is 17.7 Å². The van der Waals surface area contributed by atoms with Gasteiger partial charge in [0.25, 0.3) is 0 Å². The molecule has 4 aromatic heterocycles. The van der Waals surface area contributed by atoms with Crippen molar-refractivity contribution in [3.8, 4) is 28.4 Å². The second kappa shape index (κ2) is 9.25. The summed E-state index contributed by atoms with van der Waals surface area (Å²) in [5, 5.41) is 11.9. The molecule has 0 radical (unpaired) electrons. The van der Waals surface area contributed by atoms with Crippen molar-refractivity contribution in [2.24, 2.45) is 0 Å². The molecule has 6 heterocycles. The number of hydrogen-bond acceptors (Lipinski definition) is 7. The summed E-state index contributed by atoms with van der Waals surface area (Å²) in [4.78, 5) is 11.3. The molecule has 2 aliphatic heterocycles.